The van der Waals surface area contributed by atoms with Crippen LogP contribution >= 0.6 is 0 Å². The number of carboxylic acids is 1. The highest BCUT2D eigenvalue weighted by atomic mass is 16.5. The summed E-state index contributed by atoms with van der Waals surface area (Å²) < 4.78 is 5.57. The monoisotopic (exact) mass is 465 g/mol. The summed E-state index contributed by atoms with van der Waals surface area (Å²) in [6.45, 7) is 4.27. The summed E-state index contributed by atoms with van der Waals surface area (Å²) in [4.78, 5) is 39.7. The van der Waals surface area contributed by atoms with Gasteiger partial charge in [-0.2, -0.15) is 0 Å². The number of carbonyl (C=O) groups excluding carboxylic acids is 2. The molecule has 4 rings (SSSR count). The number of nitrogens with zero attached hydrogens (tertiary/aromatic N) is 2. The topological polar surface area (TPSA) is 99.2 Å². The zero-order valence-electron chi connectivity index (χ0n) is 19.4. The molecule has 1 saturated heterocycles. The molecule has 2 amide bonds. The summed E-state index contributed by atoms with van der Waals surface area (Å²) in [5.74, 6) is -0.926. The number of nitrogens with one attached hydrogen (secondary N) is 1. The molecule has 0 bridgehead atoms. The summed E-state index contributed by atoms with van der Waals surface area (Å²) in [5, 5.41) is 11.7. The maximum atomic E-state index is 12.7. The Morgan fingerprint density at radius 2 is 1.65 bits per heavy atom. The van der Waals surface area contributed by atoms with E-state index in [0.717, 1.165) is 17.5 Å². The average Bonchev–Trinajstić information content (AvgIpc) is 2.94. The van der Waals surface area contributed by atoms with E-state index in [-0.39, 0.29) is 37.4 Å². The molecule has 34 heavy (non-hydrogen) atoms. The Morgan fingerprint density at radius 3 is 2.29 bits per heavy atom. The van der Waals surface area contributed by atoms with E-state index >= 15 is 0 Å². The Kier molecular flexibility index (Phi) is 7.47. The van der Waals surface area contributed by atoms with E-state index in [1.165, 1.54) is 11.1 Å². The fourth-order valence-electron chi connectivity index (χ4n) is 4.85. The minimum atomic E-state index is -0.860. The Hall–Kier alpha value is -3.39. The fraction of sp³-hybridized carbons (Fsp3) is 0.423. The van der Waals surface area contributed by atoms with Crippen molar-refractivity contribution in [1.82, 2.24) is 15.1 Å². The molecule has 1 unspecified atom stereocenters. The zero-order valence-corrected chi connectivity index (χ0v) is 19.4. The summed E-state index contributed by atoms with van der Waals surface area (Å²) in [7, 11) is 0. The van der Waals surface area contributed by atoms with Crippen molar-refractivity contribution >= 4 is 18.0 Å². The Labute approximate surface area is 199 Å². The van der Waals surface area contributed by atoms with Crippen LogP contribution in [0, 0.1) is 0 Å². The largest absolute Gasteiger partial charge is 0.480 e. The van der Waals surface area contributed by atoms with Crippen LogP contribution < -0.4 is 5.32 Å². The van der Waals surface area contributed by atoms with Crippen LogP contribution in [-0.4, -0.2) is 78.2 Å². The van der Waals surface area contributed by atoms with Crippen LogP contribution in [0.25, 0.3) is 11.1 Å². The Balaban J connectivity index is 1.26. The molecule has 0 spiro atoms. The van der Waals surface area contributed by atoms with Gasteiger partial charge in [-0.3, -0.25) is 14.5 Å². The first-order valence-electron chi connectivity index (χ1n) is 11.8. The number of fused-ring (bicyclic) bond motifs is 3. The second kappa shape index (κ2) is 10.7. The van der Waals surface area contributed by atoms with E-state index in [2.05, 4.69) is 29.6 Å². The smallest absolute Gasteiger partial charge is 0.407 e. The minimum absolute atomic E-state index is 0.0121. The third-order valence-corrected chi connectivity index (χ3v) is 6.49. The number of carbonyl (C=O) groups is 3. The lowest BCUT2D eigenvalue weighted by Crippen LogP contribution is -2.41. The molecule has 8 heteroatoms. The molecule has 1 fully saturated rings. The molecule has 0 radical (unpaired) electrons. The number of hydrogen-bond acceptors (Lipinski definition) is 5. The van der Waals surface area contributed by atoms with Crippen LogP contribution in [0.4, 0.5) is 4.79 Å². The van der Waals surface area contributed by atoms with Gasteiger partial charge >= 0.3 is 12.1 Å². The first-order chi connectivity index (χ1) is 16.4. The van der Waals surface area contributed by atoms with Crippen molar-refractivity contribution in [3.8, 4) is 11.1 Å². The predicted octanol–water partition coefficient (Wildman–Crippen LogP) is 2.92. The molecule has 1 atom stereocenters. The predicted molar refractivity (Wildman–Crippen MR) is 128 cm³/mol. The van der Waals surface area contributed by atoms with Gasteiger partial charge in [0, 0.05) is 44.6 Å². The molecule has 2 aliphatic rings. The zero-order chi connectivity index (χ0) is 24.1. The number of amides is 2. The van der Waals surface area contributed by atoms with Crippen LogP contribution in [0.1, 0.15) is 36.8 Å². The summed E-state index contributed by atoms with van der Waals surface area (Å²) in [6, 6.07) is 16.0. The number of benzene rings is 2. The van der Waals surface area contributed by atoms with Gasteiger partial charge in [-0.1, -0.05) is 48.5 Å². The third-order valence-electron chi connectivity index (χ3n) is 6.49. The van der Waals surface area contributed by atoms with Crippen molar-refractivity contribution < 1.29 is 24.2 Å². The number of alkyl carbamates (subject to hydrolysis) is 1. The molecular weight excluding hydrogens is 434 g/mol. The van der Waals surface area contributed by atoms with Crippen molar-refractivity contribution in [3.63, 3.8) is 0 Å². The van der Waals surface area contributed by atoms with E-state index in [9.17, 15) is 14.4 Å². The van der Waals surface area contributed by atoms with Crippen LogP contribution in [0.2, 0.25) is 0 Å². The van der Waals surface area contributed by atoms with Crippen molar-refractivity contribution in [3.05, 3.63) is 59.7 Å². The number of aliphatic carboxylic acids is 1. The van der Waals surface area contributed by atoms with Crippen molar-refractivity contribution in [1.29, 1.82) is 0 Å². The first-order valence-corrected chi connectivity index (χ1v) is 11.8. The molecule has 0 saturated carbocycles. The van der Waals surface area contributed by atoms with Crippen LogP contribution in [0.5, 0.6) is 0 Å². The molecule has 1 heterocycles. The maximum absolute atomic E-state index is 12.7. The number of ether oxygens (including phenoxy) is 1. The van der Waals surface area contributed by atoms with Gasteiger partial charge in [0.1, 0.15) is 6.61 Å². The lowest BCUT2D eigenvalue weighted by atomic mass is 9.98. The highest BCUT2D eigenvalue weighted by molar-refractivity contribution is 5.79. The van der Waals surface area contributed by atoms with Crippen molar-refractivity contribution in [2.75, 3.05) is 39.3 Å². The second-order valence-electron chi connectivity index (χ2n) is 8.98. The van der Waals surface area contributed by atoms with Crippen LogP contribution in [0.15, 0.2) is 48.5 Å². The molecule has 2 aromatic carbocycles. The van der Waals surface area contributed by atoms with Gasteiger partial charge in [0.2, 0.25) is 5.91 Å². The SMILES string of the molecule is CC(CC(=O)N1CCCN(CC(=O)O)CC1)NC(=O)OCC1c2ccccc2-c2ccccc21. The first kappa shape index (κ1) is 23.8. The summed E-state index contributed by atoms with van der Waals surface area (Å²) in [5.41, 5.74) is 4.64. The number of carboxylic acid groups (broad SMARTS) is 1. The molecular formula is C26H31N3O5. The molecule has 1 aliphatic carbocycles. The van der Waals surface area contributed by atoms with E-state index in [1.54, 1.807) is 11.8 Å². The highest BCUT2D eigenvalue weighted by Gasteiger charge is 2.29. The van der Waals surface area contributed by atoms with Gasteiger partial charge in [0.25, 0.3) is 0 Å². The van der Waals surface area contributed by atoms with Gasteiger partial charge in [0.05, 0.1) is 6.54 Å². The third kappa shape index (κ3) is 5.56. The van der Waals surface area contributed by atoms with Crippen molar-refractivity contribution in [2.24, 2.45) is 0 Å². The highest BCUT2D eigenvalue weighted by Crippen LogP contribution is 2.44. The van der Waals surface area contributed by atoms with Crippen LogP contribution in [0.3, 0.4) is 0 Å². The standard InChI is InChI=1S/C26H31N3O5/c1-18(15-24(30)29-12-6-11-28(13-14-29)16-25(31)32)27-26(33)34-17-23-21-9-4-2-7-19(21)20-8-3-5-10-22(20)23/h2-5,7-10,18,23H,6,11-17H2,1H3,(H,27,33)(H,31,32). The minimum Gasteiger partial charge on any atom is -0.480 e. The molecule has 180 valence electrons. The molecule has 8 nitrogen and oxygen atoms in total. The molecule has 2 aromatic rings. The van der Waals surface area contributed by atoms with Gasteiger partial charge < -0.3 is 20.1 Å². The number of hydrogen-bond donors (Lipinski definition) is 2. The molecule has 0 aromatic heterocycles. The van der Waals surface area contributed by atoms with Gasteiger partial charge in [0.15, 0.2) is 0 Å². The van der Waals surface area contributed by atoms with Gasteiger partial charge in [-0.15, -0.1) is 0 Å². The van der Waals surface area contributed by atoms with E-state index in [4.69, 9.17) is 9.84 Å². The van der Waals surface area contributed by atoms with E-state index < -0.39 is 12.1 Å². The summed E-state index contributed by atoms with van der Waals surface area (Å²) in [6.07, 6.45) is 0.363. The Bertz CT molecular complexity index is 1010. The maximum Gasteiger partial charge on any atom is 0.407 e. The lowest BCUT2D eigenvalue weighted by molar-refractivity contribution is -0.138. The lowest BCUT2D eigenvalue weighted by Gasteiger charge is -2.23. The summed E-state index contributed by atoms with van der Waals surface area (Å²) >= 11 is 0. The van der Waals surface area contributed by atoms with Crippen molar-refractivity contribution in [2.45, 2.75) is 31.7 Å². The molecule has 2 N–H and O–H groups in total. The normalized spacial score (nSPS) is 16.8. The quantitative estimate of drug-likeness (QED) is 0.652. The average molecular weight is 466 g/mol. The van der Waals surface area contributed by atoms with Gasteiger partial charge in [-0.25, -0.2) is 4.79 Å². The second-order valence-corrected chi connectivity index (χ2v) is 8.98. The molecule has 1 aliphatic heterocycles. The van der Waals surface area contributed by atoms with E-state index in [1.807, 2.05) is 29.2 Å². The van der Waals surface area contributed by atoms with Crippen LogP contribution in [-0.2, 0) is 14.3 Å². The Morgan fingerprint density at radius 1 is 1.00 bits per heavy atom. The fourth-order valence-corrected chi connectivity index (χ4v) is 4.85. The van der Waals surface area contributed by atoms with Gasteiger partial charge in [-0.05, 0) is 35.6 Å². The number of rotatable bonds is 7. The van der Waals surface area contributed by atoms with E-state index in [0.29, 0.717) is 26.2 Å².